The molecule has 0 unspecified atom stereocenters. The van der Waals surface area contributed by atoms with Crippen LogP contribution >= 0.6 is 0 Å². The van der Waals surface area contributed by atoms with Crippen molar-refractivity contribution in [3.8, 4) is 0 Å². The van der Waals surface area contributed by atoms with Gasteiger partial charge in [0.2, 0.25) is 5.91 Å². The second kappa shape index (κ2) is 4.09. The van der Waals surface area contributed by atoms with E-state index in [1.54, 1.807) is 6.92 Å². The van der Waals surface area contributed by atoms with E-state index in [0.29, 0.717) is 5.57 Å². The van der Waals surface area contributed by atoms with Crippen LogP contribution in [-0.2, 0) is 4.79 Å². The summed E-state index contributed by atoms with van der Waals surface area (Å²) in [5.41, 5.74) is 6.58. The molecule has 0 aliphatic heterocycles. The lowest BCUT2D eigenvalue weighted by atomic mass is 10.2. The van der Waals surface area contributed by atoms with Gasteiger partial charge in [0.25, 0.3) is 0 Å². The van der Waals surface area contributed by atoms with Gasteiger partial charge >= 0.3 is 0 Å². The zero-order valence-electron chi connectivity index (χ0n) is 6.19. The van der Waals surface area contributed by atoms with Gasteiger partial charge in [-0.3, -0.25) is 4.79 Å². The quantitative estimate of drug-likeness (QED) is 0.519. The van der Waals surface area contributed by atoms with Crippen LogP contribution in [0, 0.1) is 0 Å². The Bertz CT molecular complexity index is 134. The van der Waals surface area contributed by atoms with Crippen LogP contribution in [0.3, 0.4) is 0 Å². The molecule has 1 amide bonds. The number of allylic oxidation sites excluding steroid dienone is 1. The van der Waals surface area contributed by atoms with Crippen molar-refractivity contribution in [3.05, 3.63) is 11.1 Å². The van der Waals surface area contributed by atoms with Crippen LogP contribution in [0.5, 0.6) is 0 Å². The lowest BCUT2D eigenvalue weighted by Crippen LogP contribution is -2.12. The Morgan fingerprint density at radius 2 is 1.56 bits per heavy atom. The molecular formula is C6H14N2O. The highest BCUT2D eigenvalue weighted by molar-refractivity contribution is 5.91. The van der Waals surface area contributed by atoms with Crippen molar-refractivity contribution in [2.75, 3.05) is 0 Å². The van der Waals surface area contributed by atoms with Gasteiger partial charge in [0.05, 0.1) is 0 Å². The van der Waals surface area contributed by atoms with E-state index in [2.05, 4.69) is 0 Å². The summed E-state index contributed by atoms with van der Waals surface area (Å²) >= 11 is 0. The Kier molecular flexibility index (Phi) is 5.01. The smallest absolute Gasteiger partial charge is 0.244 e. The molecule has 0 fully saturated rings. The minimum atomic E-state index is -0.329. The average molecular weight is 130 g/mol. The average Bonchev–Trinajstić information content (AvgIpc) is 1.64. The van der Waals surface area contributed by atoms with Gasteiger partial charge in [-0.05, 0) is 20.8 Å². The molecule has 54 valence electrons. The second-order valence-corrected chi connectivity index (χ2v) is 1.99. The van der Waals surface area contributed by atoms with Gasteiger partial charge in [0.15, 0.2) is 0 Å². The van der Waals surface area contributed by atoms with Crippen LogP contribution < -0.4 is 11.9 Å². The maximum atomic E-state index is 10.3. The van der Waals surface area contributed by atoms with Crippen molar-refractivity contribution in [2.45, 2.75) is 20.8 Å². The summed E-state index contributed by atoms with van der Waals surface area (Å²) in [6, 6.07) is 0. The molecule has 0 aromatic heterocycles. The van der Waals surface area contributed by atoms with Gasteiger partial charge in [-0.1, -0.05) is 5.57 Å². The third kappa shape index (κ3) is 3.73. The topological polar surface area (TPSA) is 78.1 Å². The lowest BCUT2D eigenvalue weighted by Gasteiger charge is -1.93. The van der Waals surface area contributed by atoms with E-state index < -0.39 is 0 Å². The summed E-state index contributed by atoms with van der Waals surface area (Å²) in [6.07, 6.45) is 0. The standard InChI is InChI=1S/C6H11NO.H3N/c1-4(2)5(3)6(7)8;/h1-3H3,(H2,7,8);1H3. The summed E-state index contributed by atoms with van der Waals surface area (Å²) in [4.78, 5) is 10.3. The Morgan fingerprint density at radius 1 is 1.22 bits per heavy atom. The lowest BCUT2D eigenvalue weighted by molar-refractivity contribution is -0.114. The van der Waals surface area contributed by atoms with Crippen LogP contribution in [0.1, 0.15) is 20.8 Å². The Hall–Kier alpha value is -0.830. The molecule has 0 atom stereocenters. The first kappa shape index (κ1) is 11.0. The molecule has 0 rings (SSSR count). The van der Waals surface area contributed by atoms with Gasteiger partial charge in [-0.2, -0.15) is 0 Å². The van der Waals surface area contributed by atoms with Crippen LogP contribution in [0.15, 0.2) is 11.1 Å². The van der Waals surface area contributed by atoms with E-state index >= 15 is 0 Å². The van der Waals surface area contributed by atoms with E-state index in [9.17, 15) is 4.79 Å². The summed E-state index contributed by atoms with van der Waals surface area (Å²) < 4.78 is 0. The largest absolute Gasteiger partial charge is 0.366 e. The minimum Gasteiger partial charge on any atom is -0.366 e. The molecule has 0 aliphatic carbocycles. The van der Waals surface area contributed by atoms with Crippen LogP contribution in [0.25, 0.3) is 0 Å². The number of amides is 1. The fraction of sp³-hybridized carbons (Fsp3) is 0.500. The normalized spacial score (nSPS) is 7.44. The first-order valence-electron chi connectivity index (χ1n) is 2.49. The van der Waals surface area contributed by atoms with Gasteiger partial charge in [0, 0.05) is 5.57 Å². The predicted octanol–water partition coefficient (Wildman–Crippen LogP) is 0.990. The van der Waals surface area contributed by atoms with Crippen molar-refractivity contribution in [1.29, 1.82) is 0 Å². The minimum absolute atomic E-state index is 0. The molecule has 3 heteroatoms. The van der Waals surface area contributed by atoms with Crippen LogP contribution in [0.4, 0.5) is 0 Å². The monoisotopic (exact) mass is 130 g/mol. The number of hydrogen-bond donors (Lipinski definition) is 2. The van der Waals surface area contributed by atoms with Gasteiger partial charge < -0.3 is 11.9 Å². The Balaban J connectivity index is 0. The number of carbonyl (C=O) groups is 1. The maximum absolute atomic E-state index is 10.3. The van der Waals surface area contributed by atoms with Crippen molar-refractivity contribution in [1.82, 2.24) is 6.15 Å². The highest BCUT2D eigenvalue weighted by Gasteiger charge is 1.96. The highest BCUT2D eigenvalue weighted by atomic mass is 16.1. The fourth-order valence-corrected chi connectivity index (χ4v) is 0.246. The van der Waals surface area contributed by atoms with Gasteiger partial charge in [-0.15, -0.1) is 0 Å². The first-order chi connectivity index (χ1) is 3.55. The predicted molar refractivity (Wildman–Crippen MR) is 38.3 cm³/mol. The van der Waals surface area contributed by atoms with Crippen LogP contribution in [0.2, 0.25) is 0 Å². The molecule has 0 saturated heterocycles. The molecule has 0 aromatic carbocycles. The second-order valence-electron chi connectivity index (χ2n) is 1.99. The van der Waals surface area contributed by atoms with Crippen molar-refractivity contribution in [3.63, 3.8) is 0 Å². The summed E-state index contributed by atoms with van der Waals surface area (Å²) in [5, 5.41) is 0. The number of hydrogen-bond acceptors (Lipinski definition) is 2. The molecular weight excluding hydrogens is 116 g/mol. The molecule has 0 aliphatic rings. The molecule has 0 saturated carbocycles. The molecule has 9 heavy (non-hydrogen) atoms. The van der Waals surface area contributed by atoms with E-state index in [0.717, 1.165) is 5.57 Å². The third-order valence-corrected chi connectivity index (χ3v) is 1.12. The molecule has 0 aromatic rings. The van der Waals surface area contributed by atoms with E-state index in [4.69, 9.17) is 5.73 Å². The Labute approximate surface area is 55.5 Å². The van der Waals surface area contributed by atoms with E-state index in [1.807, 2.05) is 13.8 Å². The summed E-state index contributed by atoms with van der Waals surface area (Å²) in [5.74, 6) is -0.329. The van der Waals surface area contributed by atoms with Crippen molar-refractivity contribution < 1.29 is 4.79 Å². The van der Waals surface area contributed by atoms with Crippen molar-refractivity contribution >= 4 is 5.91 Å². The van der Waals surface area contributed by atoms with E-state index in [-0.39, 0.29) is 12.1 Å². The molecule has 0 bridgehead atoms. The zero-order valence-corrected chi connectivity index (χ0v) is 6.19. The number of nitrogens with two attached hydrogens (primary N) is 1. The molecule has 0 heterocycles. The summed E-state index contributed by atoms with van der Waals surface area (Å²) in [7, 11) is 0. The molecule has 0 spiro atoms. The Morgan fingerprint density at radius 3 is 1.56 bits per heavy atom. The highest BCUT2D eigenvalue weighted by Crippen LogP contribution is 1.98. The SMILES string of the molecule is CC(C)=C(C)C(N)=O.N. The first-order valence-corrected chi connectivity index (χ1v) is 2.49. The number of carbonyl (C=O) groups excluding carboxylic acids is 1. The fourth-order valence-electron chi connectivity index (χ4n) is 0.246. The van der Waals surface area contributed by atoms with Gasteiger partial charge in [-0.25, -0.2) is 0 Å². The zero-order chi connectivity index (χ0) is 6.73. The number of primary amides is 1. The van der Waals surface area contributed by atoms with Gasteiger partial charge in [0.1, 0.15) is 0 Å². The molecule has 5 N–H and O–H groups in total. The van der Waals surface area contributed by atoms with Crippen LogP contribution in [-0.4, -0.2) is 5.91 Å². The van der Waals surface area contributed by atoms with Crippen molar-refractivity contribution in [2.24, 2.45) is 5.73 Å². The third-order valence-electron chi connectivity index (χ3n) is 1.12. The molecule has 0 radical (unpaired) electrons. The van der Waals surface area contributed by atoms with E-state index in [1.165, 1.54) is 0 Å². The summed E-state index contributed by atoms with van der Waals surface area (Å²) in [6.45, 7) is 5.44. The molecule has 3 nitrogen and oxygen atoms in total. The number of rotatable bonds is 1. The maximum Gasteiger partial charge on any atom is 0.244 e.